The lowest BCUT2D eigenvalue weighted by atomic mass is 10.3. The maximum atomic E-state index is 11.8. The summed E-state index contributed by atoms with van der Waals surface area (Å²) in [5.41, 5.74) is 0.641. The zero-order chi connectivity index (χ0) is 15.7. The molecule has 0 fully saturated rings. The molecule has 0 aliphatic rings. The predicted octanol–water partition coefficient (Wildman–Crippen LogP) is -0.00410. The van der Waals surface area contributed by atoms with Gasteiger partial charge in [0.1, 0.15) is 0 Å². The minimum absolute atomic E-state index is 0.101. The minimum atomic E-state index is -3.40. The van der Waals surface area contributed by atoms with Crippen molar-refractivity contribution in [1.29, 1.82) is 0 Å². The van der Waals surface area contributed by atoms with Crippen LogP contribution in [0.3, 0.4) is 0 Å². The number of sulfonamides is 1. The third-order valence-electron chi connectivity index (χ3n) is 2.75. The Morgan fingerprint density at radius 3 is 2.76 bits per heavy atom. The molecule has 0 unspecified atom stereocenters. The molecule has 8 heteroatoms. The maximum absolute atomic E-state index is 11.8. The molecule has 1 rings (SSSR count). The molecule has 0 spiro atoms. The van der Waals surface area contributed by atoms with Crippen molar-refractivity contribution in [3.8, 4) is 0 Å². The van der Waals surface area contributed by atoms with Gasteiger partial charge in [0.15, 0.2) is 0 Å². The largest absolute Gasteiger partial charge is 0.383 e. The van der Waals surface area contributed by atoms with Crippen molar-refractivity contribution in [3.05, 3.63) is 30.1 Å². The van der Waals surface area contributed by atoms with E-state index in [1.807, 2.05) is 0 Å². The summed E-state index contributed by atoms with van der Waals surface area (Å²) in [6.07, 6.45) is 2.83. The van der Waals surface area contributed by atoms with E-state index in [2.05, 4.69) is 10.3 Å². The highest BCUT2D eigenvalue weighted by Gasteiger charge is 2.18. The van der Waals surface area contributed by atoms with Crippen molar-refractivity contribution in [3.63, 3.8) is 0 Å². The van der Waals surface area contributed by atoms with Crippen LogP contribution in [-0.4, -0.2) is 56.7 Å². The molecule has 1 aromatic rings. The standard InChI is InChI=1S/C13H21N3O4S/c1-20-10-8-15-13(17)6-9-16(21(2,18)19)11-12-5-3-4-7-14-12/h3-5,7H,6,8-11H2,1-2H3,(H,15,17). The summed E-state index contributed by atoms with van der Waals surface area (Å²) in [4.78, 5) is 15.7. The van der Waals surface area contributed by atoms with Crippen molar-refractivity contribution in [1.82, 2.24) is 14.6 Å². The second-order valence-electron chi connectivity index (χ2n) is 4.51. The summed E-state index contributed by atoms with van der Waals surface area (Å²) in [5.74, 6) is -0.207. The predicted molar refractivity (Wildman–Crippen MR) is 79.0 cm³/mol. The number of rotatable bonds is 9. The third-order valence-corrected chi connectivity index (χ3v) is 4.00. The highest BCUT2D eigenvalue weighted by Crippen LogP contribution is 2.06. The van der Waals surface area contributed by atoms with Crippen LogP contribution >= 0.6 is 0 Å². The van der Waals surface area contributed by atoms with Crippen molar-refractivity contribution in [2.45, 2.75) is 13.0 Å². The van der Waals surface area contributed by atoms with E-state index >= 15 is 0 Å². The lowest BCUT2D eigenvalue weighted by Gasteiger charge is -2.19. The first kappa shape index (κ1) is 17.5. The number of nitrogens with one attached hydrogen (secondary N) is 1. The summed E-state index contributed by atoms with van der Waals surface area (Å²) in [6.45, 7) is 1.11. The number of ether oxygens (including phenoxy) is 1. The van der Waals surface area contributed by atoms with E-state index < -0.39 is 10.0 Å². The number of aromatic nitrogens is 1. The average molecular weight is 315 g/mol. The van der Waals surface area contributed by atoms with Gasteiger partial charge in [0.25, 0.3) is 0 Å². The molecule has 1 aromatic heterocycles. The lowest BCUT2D eigenvalue weighted by molar-refractivity contribution is -0.121. The Labute approximate surface area is 125 Å². The summed E-state index contributed by atoms with van der Waals surface area (Å²) in [6, 6.07) is 5.30. The van der Waals surface area contributed by atoms with Gasteiger partial charge < -0.3 is 10.1 Å². The Kier molecular flexibility index (Phi) is 7.27. The molecule has 0 radical (unpaired) electrons. The molecule has 1 amide bonds. The van der Waals surface area contributed by atoms with Gasteiger partial charge in [-0.1, -0.05) is 6.07 Å². The fraction of sp³-hybridized carbons (Fsp3) is 0.538. The lowest BCUT2D eigenvalue weighted by Crippen LogP contribution is -2.35. The molecule has 118 valence electrons. The molecule has 21 heavy (non-hydrogen) atoms. The molecule has 1 heterocycles. The van der Waals surface area contributed by atoms with Gasteiger partial charge >= 0.3 is 0 Å². The second kappa shape index (κ2) is 8.71. The topological polar surface area (TPSA) is 88.6 Å². The SMILES string of the molecule is COCCNC(=O)CCN(Cc1ccccn1)S(C)(=O)=O. The van der Waals surface area contributed by atoms with Gasteiger partial charge in [-0.15, -0.1) is 0 Å². The van der Waals surface area contributed by atoms with E-state index in [0.717, 1.165) is 6.26 Å². The molecule has 7 nitrogen and oxygen atoms in total. The van der Waals surface area contributed by atoms with E-state index in [4.69, 9.17) is 4.74 Å². The van der Waals surface area contributed by atoms with E-state index in [9.17, 15) is 13.2 Å². The molecule has 0 saturated heterocycles. The van der Waals surface area contributed by atoms with Gasteiger partial charge in [0.2, 0.25) is 15.9 Å². The number of methoxy groups -OCH3 is 1. The number of nitrogens with zero attached hydrogens (tertiary/aromatic N) is 2. The maximum Gasteiger partial charge on any atom is 0.221 e. The Bertz CT molecular complexity index is 534. The Morgan fingerprint density at radius 1 is 1.43 bits per heavy atom. The summed E-state index contributed by atoms with van der Waals surface area (Å²) >= 11 is 0. The average Bonchev–Trinajstić information content (AvgIpc) is 2.43. The molecular formula is C13H21N3O4S. The number of pyridine rings is 1. The van der Waals surface area contributed by atoms with Crippen LogP contribution in [0.2, 0.25) is 0 Å². The van der Waals surface area contributed by atoms with E-state index in [1.54, 1.807) is 31.5 Å². The van der Waals surface area contributed by atoms with Gasteiger partial charge in [-0.05, 0) is 12.1 Å². The first-order chi connectivity index (χ1) is 9.93. The molecule has 0 aliphatic heterocycles. The van der Waals surface area contributed by atoms with Crippen molar-refractivity contribution in [2.75, 3.05) is 33.1 Å². The molecular weight excluding hydrogens is 294 g/mol. The fourth-order valence-corrected chi connectivity index (χ4v) is 2.43. The van der Waals surface area contributed by atoms with E-state index in [1.165, 1.54) is 4.31 Å². The van der Waals surface area contributed by atoms with Crippen molar-refractivity contribution in [2.24, 2.45) is 0 Å². The number of hydrogen-bond acceptors (Lipinski definition) is 5. The van der Waals surface area contributed by atoms with Gasteiger partial charge in [-0.25, -0.2) is 8.42 Å². The van der Waals surface area contributed by atoms with Crippen LogP contribution in [0, 0.1) is 0 Å². The van der Waals surface area contributed by atoms with Crippen LogP contribution in [0.4, 0.5) is 0 Å². The summed E-state index contributed by atoms with van der Waals surface area (Å²) in [7, 11) is -1.85. The fourth-order valence-electron chi connectivity index (χ4n) is 1.64. The number of carbonyl (C=O) groups is 1. The van der Waals surface area contributed by atoms with Gasteiger partial charge in [-0.3, -0.25) is 9.78 Å². The number of carbonyl (C=O) groups excluding carboxylic acids is 1. The Morgan fingerprint density at radius 2 is 2.19 bits per heavy atom. The van der Waals surface area contributed by atoms with Crippen LogP contribution in [0.5, 0.6) is 0 Å². The first-order valence-corrected chi connectivity index (χ1v) is 8.39. The van der Waals surface area contributed by atoms with Crippen LogP contribution in [0.15, 0.2) is 24.4 Å². The molecule has 0 bridgehead atoms. The highest BCUT2D eigenvalue weighted by molar-refractivity contribution is 7.88. The van der Waals surface area contributed by atoms with E-state index in [0.29, 0.717) is 18.8 Å². The minimum Gasteiger partial charge on any atom is -0.383 e. The van der Waals surface area contributed by atoms with Crippen LogP contribution < -0.4 is 5.32 Å². The second-order valence-corrected chi connectivity index (χ2v) is 6.49. The van der Waals surface area contributed by atoms with Gasteiger partial charge in [-0.2, -0.15) is 4.31 Å². The summed E-state index contributed by atoms with van der Waals surface area (Å²) in [5, 5.41) is 2.65. The van der Waals surface area contributed by atoms with Gasteiger partial charge in [0.05, 0.1) is 25.1 Å². The number of amides is 1. The quantitative estimate of drug-likeness (QED) is 0.648. The van der Waals surface area contributed by atoms with Gasteiger partial charge in [0, 0.05) is 32.8 Å². The van der Waals surface area contributed by atoms with Crippen molar-refractivity contribution < 1.29 is 17.9 Å². The smallest absolute Gasteiger partial charge is 0.221 e. The molecule has 0 saturated carbocycles. The molecule has 0 aliphatic carbocycles. The van der Waals surface area contributed by atoms with Crippen LogP contribution in [0.1, 0.15) is 12.1 Å². The van der Waals surface area contributed by atoms with Crippen molar-refractivity contribution >= 4 is 15.9 Å². The molecule has 0 atom stereocenters. The van der Waals surface area contributed by atoms with Crippen LogP contribution in [0.25, 0.3) is 0 Å². The van der Waals surface area contributed by atoms with E-state index in [-0.39, 0.29) is 25.4 Å². The monoisotopic (exact) mass is 315 g/mol. The zero-order valence-corrected chi connectivity index (χ0v) is 13.1. The first-order valence-electron chi connectivity index (χ1n) is 6.54. The normalized spacial score (nSPS) is 11.6. The number of hydrogen-bond donors (Lipinski definition) is 1. The Balaban J connectivity index is 2.54. The zero-order valence-electron chi connectivity index (χ0n) is 12.3. The molecule has 1 N–H and O–H groups in total. The third kappa shape index (κ3) is 7.16. The van der Waals surface area contributed by atoms with Crippen LogP contribution in [-0.2, 0) is 26.1 Å². The Hall–Kier alpha value is -1.51. The highest BCUT2D eigenvalue weighted by atomic mass is 32.2. The summed E-state index contributed by atoms with van der Waals surface area (Å²) < 4.78 is 29.6. The molecule has 0 aromatic carbocycles.